The normalized spacial score (nSPS) is 14.7. The van der Waals surface area contributed by atoms with Crippen LogP contribution in [0.25, 0.3) is 10.2 Å². The van der Waals surface area contributed by atoms with Gasteiger partial charge in [-0.2, -0.15) is 0 Å². The maximum Gasteiger partial charge on any atom is 0.234 e. The smallest absolute Gasteiger partial charge is 0.234 e. The minimum Gasteiger partial charge on any atom is -0.508 e. The summed E-state index contributed by atoms with van der Waals surface area (Å²) in [6.07, 6.45) is 0.673. The lowest BCUT2D eigenvalue weighted by Gasteiger charge is -2.34. The molecule has 2 heterocycles. The number of phenols is 1. The van der Waals surface area contributed by atoms with Crippen molar-refractivity contribution in [3.05, 3.63) is 40.9 Å². The number of hydrogen-bond donors (Lipinski definition) is 2. The van der Waals surface area contributed by atoms with Crippen molar-refractivity contribution in [1.82, 2.24) is 20.1 Å². The SMILES string of the molecule is COc1ccc(CN2CCN(CC(=O)NCCc3nc4ccc(O)cc4s3)CC2)c(OC)c1OC. The zero-order valence-corrected chi connectivity index (χ0v) is 21.2. The molecule has 0 bridgehead atoms. The van der Waals surface area contributed by atoms with Crippen molar-refractivity contribution in [2.75, 3.05) is 60.6 Å². The highest BCUT2D eigenvalue weighted by Gasteiger charge is 2.22. The number of ether oxygens (including phenoxy) is 3. The van der Waals surface area contributed by atoms with Gasteiger partial charge in [-0.05, 0) is 24.3 Å². The number of carbonyl (C=O) groups excluding carboxylic acids is 1. The van der Waals surface area contributed by atoms with Crippen LogP contribution in [0.3, 0.4) is 0 Å². The van der Waals surface area contributed by atoms with Crippen molar-refractivity contribution in [3.63, 3.8) is 0 Å². The molecule has 0 atom stereocenters. The summed E-state index contributed by atoms with van der Waals surface area (Å²) in [4.78, 5) is 21.5. The molecule has 0 aliphatic carbocycles. The first kappa shape index (κ1) is 25.0. The predicted molar refractivity (Wildman–Crippen MR) is 136 cm³/mol. The molecule has 9 nitrogen and oxygen atoms in total. The van der Waals surface area contributed by atoms with Gasteiger partial charge >= 0.3 is 0 Å². The van der Waals surface area contributed by atoms with E-state index in [9.17, 15) is 9.90 Å². The first-order valence-electron chi connectivity index (χ1n) is 11.6. The number of nitrogens with one attached hydrogen (secondary N) is 1. The van der Waals surface area contributed by atoms with Gasteiger partial charge in [-0.3, -0.25) is 14.6 Å². The fraction of sp³-hybridized carbons (Fsp3) is 0.440. The minimum atomic E-state index is 0.0266. The van der Waals surface area contributed by atoms with Gasteiger partial charge in [0.2, 0.25) is 11.7 Å². The summed E-state index contributed by atoms with van der Waals surface area (Å²) in [5.74, 6) is 2.21. The number of hydrogen-bond acceptors (Lipinski definition) is 9. The molecule has 35 heavy (non-hydrogen) atoms. The van der Waals surface area contributed by atoms with Crippen molar-refractivity contribution in [2.45, 2.75) is 13.0 Å². The summed E-state index contributed by atoms with van der Waals surface area (Å²) in [7, 11) is 4.86. The van der Waals surface area contributed by atoms with Gasteiger partial charge in [0.25, 0.3) is 0 Å². The molecule has 1 aliphatic heterocycles. The molecular weight excluding hydrogens is 468 g/mol. The van der Waals surface area contributed by atoms with Crippen LogP contribution in [0.2, 0.25) is 0 Å². The topological polar surface area (TPSA) is 96.4 Å². The molecule has 0 saturated carbocycles. The van der Waals surface area contributed by atoms with Gasteiger partial charge in [0, 0.05) is 51.3 Å². The molecule has 0 unspecified atom stereocenters. The molecule has 1 fully saturated rings. The number of nitrogens with zero attached hydrogens (tertiary/aromatic N) is 3. The first-order valence-corrected chi connectivity index (χ1v) is 12.4. The fourth-order valence-electron chi connectivity index (χ4n) is 4.27. The molecular formula is C25H32N4O5S. The third kappa shape index (κ3) is 6.14. The summed E-state index contributed by atoms with van der Waals surface area (Å²) < 4.78 is 17.4. The van der Waals surface area contributed by atoms with E-state index in [-0.39, 0.29) is 11.7 Å². The summed E-state index contributed by atoms with van der Waals surface area (Å²) in [5, 5.41) is 13.6. The quantitative estimate of drug-likeness (QED) is 0.439. The van der Waals surface area contributed by atoms with Gasteiger partial charge in [0.1, 0.15) is 5.75 Å². The number of fused-ring (bicyclic) bond motifs is 1. The molecule has 10 heteroatoms. The Balaban J connectivity index is 1.21. The number of aromatic hydroxyl groups is 1. The molecule has 188 valence electrons. The summed E-state index contributed by atoms with van der Waals surface area (Å²) >= 11 is 1.54. The van der Waals surface area contributed by atoms with Crippen LogP contribution in [0, 0.1) is 0 Å². The molecule has 2 N–H and O–H groups in total. The van der Waals surface area contributed by atoms with E-state index in [1.54, 1.807) is 44.8 Å². The number of phenolic OH excluding ortho intramolecular Hbond substituents is 1. The summed E-state index contributed by atoms with van der Waals surface area (Å²) in [6.45, 7) is 5.05. The van der Waals surface area contributed by atoms with E-state index < -0.39 is 0 Å². The molecule has 0 radical (unpaired) electrons. The Labute approximate surface area is 209 Å². The fourth-order valence-corrected chi connectivity index (χ4v) is 5.27. The number of rotatable bonds is 10. The summed E-state index contributed by atoms with van der Waals surface area (Å²) in [6, 6.07) is 9.07. The summed E-state index contributed by atoms with van der Waals surface area (Å²) in [5.41, 5.74) is 1.92. The molecule has 1 amide bonds. The van der Waals surface area contributed by atoms with Crippen molar-refractivity contribution < 1.29 is 24.1 Å². The standard InChI is InChI=1S/C25H32N4O5S/c1-32-20-7-4-17(24(33-2)25(20)34-3)15-28-10-12-29(13-11-28)16-22(31)26-9-8-23-27-19-6-5-18(30)14-21(19)35-23/h4-7,14,30H,8-13,15-16H2,1-3H3,(H,26,31). The largest absolute Gasteiger partial charge is 0.508 e. The van der Waals surface area contributed by atoms with Crippen LogP contribution < -0.4 is 19.5 Å². The van der Waals surface area contributed by atoms with Gasteiger partial charge < -0.3 is 24.6 Å². The molecule has 0 spiro atoms. The number of aromatic nitrogens is 1. The molecule has 4 rings (SSSR count). The molecule has 3 aromatic rings. The Bertz CT molecular complexity index is 1160. The molecule has 1 aromatic heterocycles. The number of amides is 1. The van der Waals surface area contributed by atoms with Crippen molar-refractivity contribution >= 4 is 27.5 Å². The Hall–Kier alpha value is -3.08. The van der Waals surface area contributed by atoms with Crippen molar-refractivity contribution in [3.8, 4) is 23.0 Å². The van der Waals surface area contributed by atoms with Gasteiger partial charge in [-0.1, -0.05) is 6.07 Å². The van der Waals surface area contributed by atoms with E-state index in [0.717, 1.165) is 53.5 Å². The second-order valence-corrected chi connectivity index (χ2v) is 9.52. The third-order valence-electron chi connectivity index (χ3n) is 6.09. The highest BCUT2D eigenvalue weighted by atomic mass is 32.1. The second-order valence-electron chi connectivity index (χ2n) is 8.41. The zero-order chi connectivity index (χ0) is 24.8. The number of carbonyl (C=O) groups is 1. The maximum atomic E-state index is 12.4. The van der Waals surface area contributed by atoms with Gasteiger partial charge in [0.05, 0.1) is 43.1 Å². The van der Waals surface area contributed by atoms with E-state index in [1.807, 2.05) is 18.2 Å². The average molecular weight is 501 g/mol. The lowest BCUT2D eigenvalue weighted by molar-refractivity contribution is -0.122. The minimum absolute atomic E-state index is 0.0266. The van der Waals surface area contributed by atoms with Gasteiger partial charge in [-0.25, -0.2) is 4.98 Å². The van der Waals surface area contributed by atoms with Crippen LogP contribution in [0.15, 0.2) is 30.3 Å². The highest BCUT2D eigenvalue weighted by molar-refractivity contribution is 7.18. The predicted octanol–water partition coefficient (Wildman–Crippen LogP) is 2.50. The number of methoxy groups -OCH3 is 3. The highest BCUT2D eigenvalue weighted by Crippen LogP contribution is 2.40. The van der Waals surface area contributed by atoms with Crippen LogP contribution >= 0.6 is 11.3 Å². The van der Waals surface area contributed by atoms with Gasteiger partial charge in [-0.15, -0.1) is 11.3 Å². The lowest BCUT2D eigenvalue weighted by atomic mass is 10.1. The Morgan fingerprint density at radius 3 is 2.49 bits per heavy atom. The first-order chi connectivity index (χ1) is 17.0. The van der Waals surface area contributed by atoms with Crippen LogP contribution in [0.1, 0.15) is 10.6 Å². The lowest BCUT2D eigenvalue weighted by Crippen LogP contribution is -2.49. The second kappa shape index (κ2) is 11.6. The van der Waals surface area contributed by atoms with Crippen LogP contribution in [0.4, 0.5) is 0 Å². The van der Waals surface area contributed by atoms with Gasteiger partial charge in [0.15, 0.2) is 11.5 Å². The molecule has 2 aromatic carbocycles. The van der Waals surface area contributed by atoms with Crippen molar-refractivity contribution in [2.24, 2.45) is 0 Å². The Morgan fingerprint density at radius 2 is 1.77 bits per heavy atom. The van der Waals surface area contributed by atoms with E-state index >= 15 is 0 Å². The van der Waals surface area contributed by atoms with Crippen LogP contribution in [-0.2, 0) is 17.8 Å². The monoisotopic (exact) mass is 500 g/mol. The van der Waals surface area contributed by atoms with E-state index in [4.69, 9.17) is 14.2 Å². The third-order valence-corrected chi connectivity index (χ3v) is 7.17. The van der Waals surface area contributed by atoms with E-state index in [2.05, 4.69) is 20.1 Å². The number of thiazole rings is 1. The van der Waals surface area contributed by atoms with E-state index in [0.29, 0.717) is 36.8 Å². The number of piperazine rings is 1. The number of benzene rings is 2. The Kier molecular flexibility index (Phi) is 8.27. The Morgan fingerprint density at radius 1 is 1.03 bits per heavy atom. The van der Waals surface area contributed by atoms with Crippen molar-refractivity contribution in [1.29, 1.82) is 0 Å². The molecule has 1 saturated heterocycles. The van der Waals surface area contributed by atoms with Crippen LogP contribution in [0.5, 0.6) is 23.0 Å². The maximum absolute atomic E-state index is 12.4. The van der Waals surface area contributed by atoms with Crippen LogP contribution in [-0.4, -0.2) is 86.4 Å². The van der Waals surface area contributed by atoms with E-state index in [1.165, 1.54) is 0 Å². The molecule has 1 aliphatic rings. The zero-order valence-electron chi connectivity index (χ0n) is 20.4. The average Bonchev–Trinajstić information content (AvgIpc) is 3.26.